The SMILES string of the molecule is CCOC(=O)c1cc(-c2ccc(CC)cc2)n(-c2ccc(C(=O)N3CCCC[C@@H]3C)cc2)n1. The fourth-order valence-corrected chi connectivity index (χ4v) is 4.31. The van der Waals surface area contributed by atoms with Crippen LogP contribution in [-0.2, 0) is 11.2 Å². The number of rotatable bonds is 6. The molecule has 0 radical (unpaired) electrons. The number of nitrogens with zero attached hydrogens (tertiary/aromatic N) is 3. The molecule has 1 aliphatic rings. The molecule has 3 aromatic rings. The Morgan fingerprint density at radius 2 is 1.76 bits per heavy atom. The summed E-state index contributed by atoms with van der Waals surface area (Å²) >= 11 is 0. The molecular weight excluding hydrogens is 414 g/mol. The smallest absolute Gasteiger partial charge is 0.358 e. The van der Waals surface area contributed by atoms with Crippen molar-refractivity contribution in [3.8, 4) is 16.9 Å². The summed E-state index contributed by atoms with van der Waals surface area (Å²) in [7, 11) is 0. The van der Waals surface area contributed by atoms with Crippen LogP contribution >= 0.6 is 0 Å². The molecule has 0 unspecified atom stereocenters. The highest BCUT2D eigenvalue weighted by atomic mass is 16.5. The zero-order valence-electron chi connectivity index (χ0n) is 19.6. The Morgan fingerprint density at radius 1 is 1.03 bits per heavy atom. The van der Waals surface area contributed by atoms with Crippen LogP contribution in [0.4, 0.5) is 0 Å². The molecule has 6 heteroatoms. The molecule has 6 nitrogen and oxygen atoms in total. The van der Waals surface area contributed by atoms with Gasteiger partial charge in [-0.15, -0.1) is 0 Å². The molecule has 1 aliphatic heterocycles. The van der Waals surface area contributed by atoms with Crippen LogP contribution < -0.4 is 0 Å². The standard InChI is InChI=1S/C27H31N3O3/c1-4-20-9-11-21(12-10-20)25-18-24(27(32)33-5-2)28-30(25)23-15-13-22(14-16-23)26(31)29-17-7-6-8-19(29)3/h9-16,18-19H,4-8,17H2,1-3H3/t19-/m0/s1. The van der Waals surface area contributed by atoms with E-state index < -0.39 is 5.97 Å². The van der Waals surface area contributed by atoms with Crippen molar-refractivity contribution in [2.75, 3.05) is 13.2 Å². The number of carbonyl (C=O) groups excluding carboxylic acids is 2. The van der Waals surface area contributed by atoms with Crippen molar-refractivity contribution < 1.29 is 14.3 Å². The van der Waals surface area contributed by atoms with Gasteiger partial charge in [-0.25, -0.2) is 9.48 Å². The van der Waals surface area contributed by atoms with Gasteiger partial charge >= 0.3 is 5.97 Å². The van der Waals surface area contributed by atoms with E-state index in [-0.39, 0.29) is 24.2 Å². The van der Waals surface area contributed by atoms with Gasteiger partial charge in [-0.05, 0) is 75.4 Å². The van der Waals surface area contributed by atoms with E-state index >= 15 is 0 Å². The van der Waals surface area contributed by atoms with E-state index in [0.29, 0.717) is 5.56 Å². The second kappa shape index (κ2) is 10.0. The lowest BCUT2D eigenvalue weighted by atomic mass is 10.0. The Kier molecular flexibility index (Phi) is 6.92. The summed E-state index contributed by atoms with van der Waals surface area (Å²) in [5.41, 5.74) is 4.70. The monoisotopic (exact) mass is 445 g/mol. The molecule has 33 heavy (non-hydrogen) atoms. The van der Waals surface area contributed by atoms with Crippen LogP contribution in [-0.4, -0.2) is 45.8 Å². The molecule has 4 rings (SSSR count). The molecule has 1 amide bonds. The molecular formula is C27H31N3O3. The number of hydrogen-bond acceptors (Lipinski definition) is 4. The fraction of sp³-hybridized carbons (Fsp3) is 0.370. The van der Waals surface area contributed by atoms with Crippen molar-refractivity contribution in [1.29, 1.82) is 0 Å². The van der Waals surface area contributed by atoms with Gasteiger partial charge < -0.3 is 9.64 Å². The van der Waals surface area contributed by atoms with Crippen LogP contribution in [0.3, 0.4) is 0 Å². The molecule has 0 saturated carbocycles. The Hall–Kier alpha value is -3.41. The maximum Gasteiger partial charge on any atom is 0.358 e. The summed E-state index contributed by atoms with van der Waals surface area (Å²) in [6, 6.07) is 17.7. The fourth-order valence-electron chi connectivity index (χ4n) is 4.31. The quantitative estimate of drug-likeness (QED) is 0.484. The van der Waals surface area contributed by atoms with Crippen molar-refractivity contribution in [2.24, 2.45) is 0 Å². The third-order valence-electron chi connectivity index (χ3n) is 6.27. The lowest BCUT2D eigenvalue weighted by Gasteiger charge is -2.33. The van der Waals surface area contributed by atoms with Gasteiger partial charge in [0.05, 0.1) is 18.0 Å². The number of hydrogen-bond donors (Lipinski definition) is 0. The van der Waals surface area contributed by atoms with Crippen LogP contribution in [0.5, 0.6) is 0 Å². The number of piperidine rings is 1. The first-order chi connectivity index (χ1) is 16.0. The minimum Gasteiger partial charge on any atom is -0.461 e. The molecule has 1 fully saturated rings. The predicted octanol–water partition coefficient (Wildman–Crippen LogP) is 5.29. The van der Waals surface area contributed by atoms with Crippen molar-refractivity contribution in [3.63, 3.8) is 0 Å². The molecule has 0 bridgehead atoms. The number of benzene rings is 2. The maximum atomic E-state index is 13.0. The summed E-state index contributed by atoms with van der Waals surface area (Å²) in [5, 5.41) is 4.54. The highest BCUT2D eigenvalue weighted by Gasteiger charge is 2.24. The van der Waals surface area contributed by atoms with Crippen molar-refractivity contribution in [1.82, 2.24) is 14.7 Å². The normalized spacial score (nSPS) is 16.0. The summed E-state index contributed by atoms with van der Waals surface area (Å²) in [6.07, 6.45) is 4.24. The van der Waals surface area contributed by atoms with Gasteiger partial charge in [0, 0.05) is 23.7 Å². The van der Waals surface area contributed by atoms with Crippen LogP contribution in [0.15, 0.2) is 54.6 Å². The molecule has 1 saturated heterocycles. The van der Waals surface area contributed by atoms with E-state index in [1.165, 1.54) is 12.0 Å². The van der Waals surface area contributed by atoms with Crippen LogP contribution in [0.2, 0.25) is 0 Å². The molecule has 1 aromatic heterocycles. The zero-order chi connectivity index (χ0) is 23.4. The maximum absolute atomic E-state index is 13.0. The summed E-state index contributed by atoms with van der Waals surface area (Å²) < 4.78 is 6.91. The highest BCUT2D eigenvalue weighted by Crippen LogP contribution is 2.26. The molecule has 2 heterocycles. The number of ether oxygens (including phenoxy) is 1. The third-order valence-corrected chi connectivity index (χ3v) is 6.27. The Bertz CT molecular complexity index is 1120. The van der Waals surface area contributed by atoms with Gasteiger partial charge in [0.25, 0.3) is 5.91 Å². The first-order valence-electron chi connectivity index (χ1n) is 11.8. The number of aromatic nitrogens is 2. The summed E-state index contributed by atoms with van der Waals surface area (Å²) in [5.74, 6) is -0.384. The van der Waals surface area contributed by atoms with Gasteiger partial charge in [0.2, 0.25) is 0 Å². The Morgan fingerprint density at radius 3 is 2.39 bits per heavy atom. The van der Waals surface area contributed by atoms with Gasteiger partial charge in [-0.3, -0.25) is 4.79 Å². The average molecular weight is 446 g/mol. The number of esters is 1. The average Bonchev–Trinajstić information content (AvgIpc) is 3.30. The van der Waals surface area contributed by atoms with Gasteiger partial charge in [-0.1, -0.05) is 31.2 Å². The minimum atomic E-state index is -0.450. The second-order valence-electron chi connectivity index (χ2n) is 8.49. The number of carbonyl (C=O) groups is 2. The third kappa shape index (κ3) is 4.85. The van der Waals surface area contributed by atoms with Crippen LogP contribution in [0.1, 0.15) is 66.4 Å². The predicted molar refractivity (Wildman–Crippen MR) is 129 cm³/mol. The molecule has 1 atom stereocenters. The molecule has 0 N–H and O–H groups in total. The highest BCUT2D eigenvalue weighted by molar-refractivity contribution is 5.94. The van der Waals surface area contributed by atoms with E-state index in [9.17, 15) is 9.59 Å². The van der Waals surface area contributed by atoms with Crippen LogP contribution in [0, 0.1) is 0 Å². The van der Waals surface area contributed by atoms with E-state index in [2.05, 4.69) is 31.1 Å². The number of likely N-dealkylation sites (tertiary alicyclic amines) is 1. The van der Waals surface area contributed by atoms with E-state index in [4.69, 9.17) is 4.74 Å². The van der Waals surface area contributed by atoms with Gasteiger partial charge in [-0.2, -0.15) is 5.10 Å². The van der Waals surface area contributed by atoms with Crippen molar-refractivity contribution in [2.45, 2.75) is 52.5 Å². The Labute approximate surface area is 195 Å². The van der Waals surface area contributed by atoms with Crippen LogP contribution in [0.25, 0.3) is 16.9 Å². The number of aryl methyl sites for hydroxylation is 1. The van der Waals surface area contributed by atoms with E-state index in [1.54, 1.807) is 17.7 Å². The van der Waals surface area contributed by atoms with Crippen molar-refractivity contribution >= 4 is 11.9 Å². The summed E-state index contributed by atoms with van der Waals surface area (Å²) in [6.45, 7) is 7.10. The zero-order valence-corrected chi connectivity index (χ0v) is 19.6. The second-order valence-corrected chi connectivity index (χ2v) is 8.49. The van der Waals surface area contributed by atoms with Gasteiger partial charge in [0.15, 0.2) is 5.69 Å². The number of amides is 1. The first-order valence-corrected chi connectivity index (χ1v) is 11.8. The topological polar surface area (TPSA) is 64.4 Å². The lowest BCUT2D eigenvalue weighted by molar-refractivity contribution is 0.0518. The largest absolute Gasteiger partial charge is 0.461 e. The van der Waals surface area contributed by atoms with E-state index in [1.807, 2.05) is 41.3 Å². The first kappa shape index (κ1) is 22.8. The molecule has 0 aliphatic carbocycles. The van der Waals surface area contributed by atoms with Crippen molar-refractivity contribution in [3.05, 3.63) is 71.4 Å². The lowest BCUT2D eigenvalue weighted by Crippen LogP contribution is -2.42. The molecule has 172 valence electrons. The van der Waals surface area contributed by atoms with E-state index in [0.717, 1.165) is 42.8 Å². The summed E-state index contributed by atoms with van der Waals surface area (Å²) in [4.78, 5) is 27.4. The Balaban J connectivity index is 1.68. The minimum absolute atomic E-state index is 0.0665. The molecule has 2 aromatic carbocycles. The van der Waals surface area contributed by atoms with Gasteiger partial charge in [0.1, 0.15) is 0 Å². The molecule has 0 spiro atoms.